The van der Waals surface area contributed by atoms with Gasteiger partial charge in [-0.1, -0.05) is 33.1 Å². The molecule has 1 atom stereocenters. The van der Waals surface area contributed by atoms with Crippen molar-refractivity contribution in [1.29, 1.82) is 0 Å². The van der Waals surface area contributed by atoms with Gasteiger partial charge in [-0.25, -0.2) is 17.5 Å². The van der Waals surface area contributed by atoms with Crippen LogP contribution in [-0.2, 0) is 10.0 Å². The Hall–Kier alpha value is -0.660. The molecule has 1 aromatic carbocycles. The van der Waals surface area contributed by atoms with Gasteiger partial charge in [0.15, 0.2) is 0 Å². The highest BCUT2D eigenvalue weighted by Crippen LogP contribution is 2.26. The van der Waals surface area contributed by atoms with Crippen molar-refractivity contribution >= 4 is 31.6 Å². The minimum absolute atomic E-state index is 0.0812. The summed E-state index contributed by atoms with van der Waals surface area (Å²) in [6.45, 7) is 4.07. The summed E-state index contributed by atoms with van der Waals surface area (Å²) < 4.78 is 41.0. The molecule has 1 unspecified atom stereocenters. The summed E-state index contributed by atoms with van der Waals surface area (Å²) in [6, 6.07) is 2.10. The average Bonchev–Trinajstić information content (AvgIpc) is 2.40. The molecule has 0 spiro atoms. The highest BCUT2D eigenvalue weighted by molar-refractivity contribution is 9.10. The van der Waals surface area contributed by atoms with E-state index >= 15 is 0 Å². The van der Waals surface area contributed by atoms with Gasteiger partial charge in [-0.3, -0.25) is 0 Å². The van der Waals surface area contributed by atoms with Gasteiger partial charge >= 0.3 is 0 Å². The van der Waals surface area contributed by atoms with Crippen LogP contribution < -0.4 is 10.5 Å². The van der Waals surface area contributed by atoms with Gasteiger partial charge in [0.05, 0.1) is 10.2 Å². The first-order valence-corrected chi connectivity index (χ1v) is 9.36. The van der Waals surface area contributed by atoms with Crippen LogP contribution >= 0.6 is 15.9 Å². The van der Waals surface area contributed by atoms with Gasteiger partial charge in [0.25, 0.3) is 0 Å². The maximum atomic E-state index is 13.4. The lowest BCUT2D eigenvalue weighted by Gasteiger charge is -2.19. The third-order valence-electron chi connectivity index (χ3n) is 3.21. The Kier molecular flexibility index (Phi) is 7.09. The number of nitrogens with two attached hydrogens (primary N) is 1. The van der Waals surface area contributed by atoms with E-state index in [1.54, 1.807) is 0 Å². The Bertz CT molecular complexity index is 579. The van der Waals surface area contributed by atoms with Crippen molar-refractivity contribution in [2.24, 2.45) is 0 Å². The Morgan fingerprint density at radius 2 is 1.95 bits per heavy atom. The van der Waals surface area contributed by atoms with E-state index in [-0.39, 0.29) is 21.1 Å². The molecule has 0 aromatic heterocycles. The predicted octanol–water partition coefficient (Wildman–Crippen LogP) is 3.81. The van der Waals surface area contributed by atoms with Gasteiger partial charge in [-0.15, -0.1) is 0 Å². The third kappa shape index (κ3) is 5.23. The summed E-state index contributed by atoms with van der Waals surface area (Å²) in [7, 11) is -3.75. The molecule has 0 saturated heterocycles. The zero-order valence-corrected chi connectivity index (χ0v) is 14.7. The smallest absolute Gasteiger partial charge is 0.242 e. The van der Waals surface area contributed by atoms with Gasteiger partial charge in [0.1, 0.15) is 10.7 Å². The molecule has 0 fully saturated rings. The predicted molar refractivity (Wildman–Crippen MR) is 87.1 cm³/mol. The van der Waals surface area contributed by atoms with Gasteiger partial charge < -0.3 is 5.73 Å². The van der Waals surface area contributed by atoms with Crippen molar-refractivity contribution in [2.45, 2.75) is 56.9 Å². The molecular formula is C14H22BrFN2O2S. The lowest BCUT2D eigenvalue weighted by atomic mass is 10.1. The monoisotopic (exact) mass is 380 g/mol. The zero-order valence-electron chi connectivity index (χ0n) is 12.3. The van der Waals surface area contributed by atoms with E-state index in [1.165, 1.54) is 6.07 Å². The first kappa shape index (κ1) is 18.4. The summed E-state index contributed by atoms with van der Waals surface area (Å²) in [5, 5.41) is 0. The highest BCUT2D eigenvalue weighted by atomic mass is 79.9. The van der Waals surface area contributed by atoms with Crippen LogP contribution in [0.5, 0.6) is 0 Å². The highest BCUT2D eigenvalue weighted by Gasteiger charge is 2.23. The van der Waals surface area contributed by atoms with Gasteiger partial charge in [-0.05, 0) is 40.9 Å². The topological polar surface area (TPSA) is 72.2 Å². The summed E-state index contributed by atoms with van der Waals surface area (Å²) in [5.74, 6) is -0.581. The minimum Gasteiger partial charge on any atom is -0.398 e. The molecule has 0 heterocycles. The second kappa shape index (κ2) is 8.10. The maximum Gasteiger partial charge on any atom is 0.242 e. The molecule has 0 aliphatic heterocycles. The molecule has 21 heavy (non-hydrogen) atoms. The van der Waals surface area contributed by atoms with E-state index in [0.717, 1.165) is 38.2 Å². The van der Waals surface area contributed by atoms with E-state index in [2.05, 4.69) is 27.6 Å². The van der Waals surface area contributed by atoms with E-state index < -0.39 is 15.8 Å². The van der Waals surface area contributed by atoms with Crippen LogP contribution in [0.3, 0.4) is 0 Å². The molecule has 3 N–H and O–H groups in total. The molecule has 0 amide bonds. The first-order valence-electron chi connectivity index (χ1n) is 7.08. The van der Waals surface area contributed by atoms with Crippen molar-refractivity contribution in [3.63, 3.8) is 0 Å². The normalized spacial score (nSPS) is 13.3. The fourth-order valence-corrected chi connectivity index (χ4v) is 4.06. The number of unbranched alkanes of at least 4 members (excludes halogenated alkanes) is 1. The first-order chi connectivity index (χ1) is 9.81. The molecule has 120 valence electrons. The number of nitrogens with one attached hydrogen (secondary N) is 1. The molecule has 0 aliphatic carbocycles. The number of anilines is 1. The van der Waals surface area contributed by atoms with Gasteiger partial charge in [0.2, 0.25) is 10.0 Å². The average molecular weight is 381 g/mol. The van der Waals surface area contributed by atoms with Crippen molar-refractivity contribution in [3.8, 4) is 0 Å². The second-order valence-electron chi connectivity index (χ2n) is 5.05. The standard InChI is InChI=1S/C14H22BrFN2O2S/c1-3-5-7-10(6-4-2)18-21(19,20)14-8-11(15)12(16)9-13(14)17/h8-10,18H,3-7,17H2,1-2H3. The minimum atomic E-state index is -3.75. The van der Waals surface area contributed by atoms with Crippen molar-refractivity contribution in [2.75, 3.05) is 5.73 Å². The summed E-state index contributed by atoms with van der Waals surface area (Å²) in [5.41, 5.74) is 5.56. The van der Waals surface area contributed by atoms with Crippen molar-refractivity contribution < 1.29 is 12.8 Å². The quantitative estimate of drug-likeness (QED) is 0.673. The molecule has 7 heteroatoms. The Labute approximate surface area is 134 Å². The molecule has 0 aliphatic rings. The number of benzene rings is 1. The van der Waals surface area contributed by atoms with Crippen molar-refractivity contribution in [1.82, 2.24) is 4.72 Å². The van der Waals surface area contributed by atoms with Crippen LogP contribution in [-0.4, -0.2) is 14.5 Å². The molecule has 1 rings (SSSR count). The molecule has 4 nitrogen and oxygen atoms in total. The summed E-state index contributed by atoms with van der Waals surface area (Å²) >= 11 is 2.99. The van der Waals surface area contributed by atoms with Crippen LogP contribution in [0.4, 0.5) is 10.1 Å². The number of hydrogen-bond donors (Lipinski definition) is 2. The van der Waals surface area contributed by atoms with Crippen LogP contribution in [0.25, 0.3) is 0 Å². The fraction of sp³-hybridized carbons (Fsp3) is 0.571. The fourth-order valence-electron chi connectivity index (χ4n) is 2.12. The van der Waals surface area contributed by atoms with Gasteiger partial charge in [0, 0.05) is 6.04 Å². The summed E-state index contributed by atoms with van der Waals surface area (Å²) in [6.07, 6.45) is 4.40. The van der Waals surface area contributed by atoms with E-state index in [9.17, 15) is 12.8 Å². The van der Waals surface area contributed by atoms with E-state index in [1.807, 2.05) is 6.92 Å². The lowest BCUT2D eigenvalue weighted by Crippen LogP contribution is -2.35. The van der Waals surface area contributed by atoms with E-state index in [4.69, 9.17) is 5.73 Å². The third-order valence-corrected chi connectivity index (χ3v) is 5.39. The molecule has 1 aromatic rings. The maximum absolute atomic E-state index is 13.4. The Balaban J connectivity index is 3.01. The molecule has 0 saturated carbocycles. The Morgan fingerprint density at radius 1 is 1.29 bits per heavy atom. The number of sulfonamides is 1. The van der Waals surface area contributed by atoms with Crippen LogP contribution in [0.2, 0.25) is 0 Å². The Morgan fingerprint density at radius 3 is 2.52 bits per heavy atom. The zero-order chi connectivity index (χ0) is 16.0. The SMILES string of the molecule is CCCCC(CCC)NS(=O)(=O)c1cc(Br)c(F)cc1N. The van der Waals surface area contributed by atoms with Gasteiger partial charge in [-0.2, -0.15) is 0 Å². The molecule has 0 radical (unpaired) electrons. The lowest BCUT2D eigenvalue weighted by molar-refractivity contribution is 0.483. The van der Waals surface area contributed by atoms with Crippen molar-refractivity contribution in [3.05, 3.63) is 22.4 Å². The summed E-state index contributed by atoms with van der Waals surface area (Å²) in [4.78, 5) is -0.0895. The van der Waals surface area contributed by atoms with Crippen LogP contribution in [0.1, 0.15) is 46.0 Å². The molecule has 0 bridgehead atoms. The largest absolute Gasteiger partial charge is 0.398 e. The number of hydrogen-bond acceptors (Lipinski definition) is 3. The number of nitrogen functional groups attached to an aromatic ring is 1. The number of rotatable bonds is 8. The molecular weight excluding hydrogens is 359 g/mol. The van der Waals surface area contributed by atoms with E-state index in [0.29, 0.717) is 0 Å². The number of halogens is 2. The second-order valence-corrected chi connectivity index (χ2v) is 7.59. The van der Waals surface area contributed by atoms with Crippen LogP contribution in [0, 0.1) is 5.82 Å². The van der Waals surface area contributed by atoms with Crippen LogP contribution in [0.15, 0.2) is 21.5 Å².